The molecule has 0 aliphatic heterocycles. The van der Waals surface area contributed by atoms with Gasteiger partial charge in [-0.2, -0.15) is 0 Å². The minimum absolute atomic E-state index is 0.0892. The van der Waals surface area contributed by atoms with Crippen LogP contribution in [0.2, 0.25) is 0 Å². The largest absolute Gasteiger partial charge is 0.462 e. The predicted octanol–water partition coefficient (Wildman–Crippen LogP) is 22.6. The fourth-order valence-corrected chi connectivity index (χ4v) is 9.06. The summed E-state index contributed by atoms with van der Waals surface area (Å²) < 4.78 is 16.9. The lowest BCUT2D eigenvalue weighted by Gasteiger charge is -2.18. The van der Waals surface area contributed by atoms with Crippen LogP contribution in [-0.2, 0) is 28.6 Å². The maximum Gasteiger partial charge on any atom is 0.306 e. The molecule has 0 aliphatic carbocycles. The van der Waals surface area contributed by atoms with Gasteiger partial charge in [-0.15, -0.1) is 0 Å². The van der Waals surface area contributed by atoms with E-state index in [1.807, 2.05) is 0 Å². The molecule has 0 amide bonds. The van der Waals surface area contributed by atoms with Crippen molar-refractivity contribution in [2.24, 2.45) is 0 Å². The highest BCUT2D eigenvalue weighted by Gasteiger charge is 2.19. The summed E-state index contributed by atoms with van der Waals surface area (Å²) in [6.07, 6.45) is 89.5. The summed E-state index contributed by atoms with van der Waals surface area (Å²) in [5, 5.41) is 0. The van der Waals surface area contributed by atoms with Crippen molar-refractivity contribution in [2.75, 3.05) is 13.2 Å². The standard InChI is InChI=1S/C72H122O6/c1-4-7-10-13-16-19-22-25-28-30-32-33-34-35-36-37-38-39-41-42-44-47-50-53-56-59-62-65-71(74)77-68-69(67-76-70(73)64-61-58-55-52-49-46-27-24-21-18-15-12-9-6-3)78-72(75)66-63-60-57-54-51-48-45-43-40-31-29-26-23-20-17-14-11-8-5-2/h7,10,16,19,24-29,32-33,35-36,38-39,42,44,69H,4-6,8-9,11-15,17-18,20-23,30-31,34,37,40-41,43,45-68H2,1-3H3/b10-7-,19-16-,27-24-,28-25-,29-26-,33-32-,36-35-,39-38-,44-42-. The molecule has 0 bridgehead atoms. The van der Waals surface area contributed by atoms with Crippen LogP contribution >= 0.6 is 0 Å². The molecule has 0 saturated heterocycles. The average Bonchev–Trinajstić information content (AvgIpc) is 3.44. The van der Waals surface area contributed by atoms with E-state index < -0.39 is 6.10 Å². The number of esters is 3. The van der Waals surface area contributed by atoms with E-state index in [9.17, 15) is 14.4 Å². The third kappa shape index (κ3) is 62.9. The normalized spacial score (nSPS) is 12.8. The lowest BCUT2D eigenvalue weighted by Crippen LogP contribution is -2.30. The molecule has 6 heteroatoms. The van der Waals surface area contributed by atoms with Crippen LogP contribution in [0.15, 0.2) is 109 Å². The smallest absolute Gasteiger partial charge is 0.306 e. The molecule has 6 nitrogen and oxygen atoms in total. The zero-order valence-corrected chi connectivity index (χ0v) is 51.2. The third-order valence-electron chi connectivity index (χ3n) is 14.0. The van der Waals surface area contributed by atoms with Crippen LogP contribution in [0.4, 0.5) is 0 Å². The van der Waals surface area contributed by atoms with Gasteiger partial charge in [-0.25, -0.2) is 0 Å². The number of ether oxygens (including phenoxy) is 3. The first-order chi connectivity index (χ1) is 38.5. The highest BCUT2D eigenvalue weighted by Crippen LogP contribution is 2.15. The number of unbranched alkanes of at least 4 members (excludes halogenated alkanes) is 30. The van der Waals surface area contributed by atoms with Gasteiger partial charge in [0.15, 0.2) is 6.10 Å². The van der Waals surface area contributed by atoms with E-state index in [-0.39, 0.29) is 31.1 Å². The minimum Gasteiger partial charge on any atom is -0.462 e. The summed E-state index contributed by atoms with van der Waals surface area (Å²) in [5.41, 5.74) is 0. The number of carbonyl (C=O) groups excluding carboxylic acids is 3. The molecule has 1 atom stereocenters. The Morgan fingerprint density at radius 2 is 0.500 bits per heavy atom. The van der Waals surface area contributed by atoms with Gasteiger partial charge in [-0.1, -0.05) is 271 Å². The SMILES string of the molecule is CC/C=C\C/C=C\C/C=C\C/C=C\C/C=C\C/C=C\C/C=C\CCCCCCCC(=O)OCC(COC(=O)CCCCCCC/C=C\CCCCCCC)OC(=O)CCCCCCCCCCC/C=C\CCCCCCCC. The Morgan fingerprint density at radius 3 is 0.795 bits per heavy atom. The molecular formula is C72H122O6. The van der Waals surface area contributed by atoms with E-state index in [2.05, 4.69) is 130 Å². The van der Waals surface area contributed by atoms with E-state index in [4.69, 9.17) is 14.2 Å². The Labute approximate surface area is 482 Å². The lowest BCUT2D eigenvalue weighted by atomic mass is 10.1. The van der Waals surface area contributed by atoms with Gasteiger partial charge >= 0.3 is 17.9 Å². The Hall–Kier alpha value is -3.93. The number of rotatable bonds is 59. The second-order valence-corrected chi connectivity index (χ2v) is 21.6. The van der Waals surface area contributed by atoms with E-state index in [0.29, 0.717) is 19.3 Å². The molecule has 78 heavy (non-hydrogen) atoms. The molecule has 0 aliphatic rings. The van der Waals surface area contributed by atoms with Crippen LogP contribution in [0, 0.1) is 0 Å². The van der Waals surface area contributed by atoms with Crippen molar-refractivity contribution < 1.29 is 28.6 Å². The molecule has 0 radical (unpaired) electrons. The average molecular weight is 1080 g/mol. The van der Waals surface area contributed by atoms with Crippen LogP contribution < -0.4 is 0 Å². The Bertz CT molecular complexity index is 1570. The van der Waals surface area contributed by atoms with Gasteiger partial charge < -0.3 is 14.2 Å². The zero-order chi connectivity index (χ0) is 56.4. The van der Waals surface area contributed by atoms with Gasteiger partial charge in [0.2, 0.25) is 0 Å². The number of hydrogen-bond acceptors (Lipinski definition) is 6. The molecule has 0 saturated carbocycles. The minimum atomic E-state index is -0.793. The molecule has 0 N–H and O–H groups in total. The van der Waals surface area contributed by atoms with Gasteiger partial charge in [0.25, 0.3) is 0 Å². The van der Waals surface area contributed by atoms with Gasteiger partial charge in [0.1, 0.15) is 13.2 Å². The van der Waals surface area contributed by atoms with Crippen molar-refractivity contribution in [3.05, 3.63) is 109 Å². The topological polar surface area (TPSA) is 78.9 Å². The second-order valence-electron chi connectivity index (χ2n) is 21.6. The van der Waals surface area contributed by atoms with Gasteiger partial charge in [-0.3, -0.25) is 14.4 Å². The van der Waals surface area contributed by atoms with Crippen molar-refractivity contribution in [3.8, 4) is 0 Å². The van der Waals surface area contributed by atoms with E-state index in [1.165, 1.54) is 141 Å². The van der Waals surface area contributed by atoms with E-state index >= 15 is 0 Å². The molecule has 0 aromatic rings. The predicted molar refractivity (Wildman–Crippen MR) is 339 cm³/mol. The van der Waals surface area contributed by atoms with Gasteiger partial charge in [-0.05, 0) is 128 Å². The molecule has 0 spiro atoms. The molecule has 0 aromatic carbocycles. The molecule has 0 fully saturated rings. The quantitative estimate of drug-likeness (QED) is 0.0261. The van der Waals surface area contributed by atoms with Crippen molar-refractivity contribution in [1.29, 1.82) is 0 Å². The second kappa shape index (κ2) is 65.6. The molecule has 1 unspecified atom stereocenters. The number of allylic oxidation sites excluding steroid dienone is 18. The summed E-state index contributed by atoms with van der Waals surface area (Å²) in [6, 6.07) is 0. The highest BCUT2D eigenvalue weighted by molar-refractivity contribution is 5.71. The summed E-state index contributed by atoms with van der Waals surface area (Å²) in [6.45, 7) is 6.51. The van der Waals surface area contributed by atoms with Gasteiger partial charge in [0, 0.05) is 19.3 Å². The van der Waals surface area contributed by atoms with Gasteiger partial charge in [0.05, 0.1) is 0 Å². The third-order valence-corrected chi connectivity index (χ3v) is 14.0. The molecule has 0 heterocycles. The zero-order valence-electron chi connectivity index (χ0n) is 51.2. The number of carbonyl (C=O) groups is 3. The van der Waals surface area contributed by atoms with Crippen LogP contribution in [0.1, 0.15) is 310 Å². The van der Waals surface area contributed by atoms with E-state index in [1.54, 1.807) is 0 Å². The first-order valence-corrected chi connectivity index (χ1v) is 32.9. The van der Waals surface area contributed by atoms with Crippen molar-refractivity contribution in [1.82, 2.24) is 0 Å². The molecule has 0 rings (SSSR count). The van der Waals surface area contributed by atoms with Crippen LogP contribution in [0.5, 0.6) is 0 Å². The summed E-state index contributed by atoms with van der Waals surface area (Å²) >= 11 is 0. The molecule has 446 valence electrons. The van der Waals surface area contributed by atoms with Crippen molar-refractivity contribution in [3.63, 3.8) is 0 Å². The maximum atomic E-state index is 12.9. The van der Waals surface area contributed by atoms with Crippen molar-refractivity contribution >= 4 is 17.9 Å². The van der Waals surface area contributed by atoms with Crippen LogP contribution in [-0.4, -0.2) is 37.2 Å². The maximum absolute atomic E-state index is 12.9. The van der Waals surface area contributed by atoms with Crippen LogP contribution in [0.25, 0.3) is 0 Å². The molecule has 0 aromatic heterocycles. The Kier molecular flexibility index (Phi) is 62.3. The monoisotopic (exact) mass is 1080 g/mol. The fraction of sp³-hybridized carbons (Fsp3) is 0.708. The summed E-state index contributed by atoms with van der Waals surface area (Å²) in [5.74, 6) is -0.910. The summed E-state index contributed by atoms with van der Waals surface area (Å²) in [7, 11) is 0. The van der Waals surface area contributed by atoms with Crippen LogP contribution in [0.3, 0.4) is 0 Å². The Balaban J connectivity index is 4.39. The first kappa shape index (κ1) is 74.1. The van der Waals surface area contributed by atoms with Crippen molar-refractivity contribution in [2.45, 2.75) is 316 Å². The number of hydrogen-bond donors (Lipinski definition) is 0. The van der Waals surface area contributed by atoms with E-state index in [0.717, 1.165) is 128 Å². The Morgan fingerprint density at radius 1 is 0.269 bits per heavy atom. The fourth-order valence-electron chi connectivity index (χ4n) is 9.06. The highest BCUT2D eigenvalue weighted by atomic mass is 16.6. The first-order valence-electron chi connectivity index (χ1n) is 32.9. The molecular weight excluding hydrogens is 961 g/mol. The summed E-state index contributed by atoms with van der Waals surface area (Å²) in [4.78, 5) is 38.3. The lowest BCUT2D eigenvalue weighted by molar-refractivity contribution is -0.167.